The highest BCUT2D eigenvalue weighted by molar-refractivity contribution is 6.12. The smallest absolute Gasteiger partial charge is 0.0544 e. The Balaban J connectivity index is 0.00000285. The van der Waals surface area contributed by atoms with E-state index in [1.165, 1.54) is 88.4 Å². The number of hydrogen-bond acceptors (Lipinski definition) is 0. The molecule has 0 saturated heterocycles. The molecule has 0 atom stereocenters. The van der Waals surface area contributed by atoms with Crippen molar-refractivity contribution < 1.29 is 0 Å². The van der Waals surface area contributed by atoms with Gasteiger partial charge in [-0.15, -0.1) is 0 Å². The maximum atomic E-state index is 2.53. The average Bonchev–Trinajstić information content (AvgIpc) is 3.62. The molecule has 0 saturated carbocycles. The van der Waals surface area contributed by atoms with Crippen molar-refractivity contribution in [2.45, 2.75) is 11.8 Å². The molecule has 2 bridgehead atoms. The van der Waals surface area contributed by atoms with Crippen LogP contribution in [-0.4, -0.2) is 17.5 Å². The van der Waals surface area contributed by atoms with E-state index in [1.54, 1.807) is 0 Å². The van der Waals surface area contributed by atoms with E-state index >= 15 is 0 Å². The number of nitrogens with zero attached hydrogens (tertiary/aromatic N) is 2. The van der Waals surface area contributed by atoms with E-state index in [0.29, 0.717) is 0 Å². The van der Waals surface area contributed by atoms with E-state index in [1.807, 2.05) is 0 Å². The molecule has 3 aliphatic rings. The van der Waals surface area contributed by atoms with Crippen LogP contribution in [0, 0.1) is 0 Å². The second-order valence-corrected chi connectivity index (χ2v) is 12.9. The van der Waals surface area contributed by atoms with E-state index in [9.17, 15) is 0 Å². The highest BCUT2D eigenvalue weighted by Gasteiger charge is 2.42. The summed E-state index contributed by atoms with van der Waals surface area (Å²) < 4.78 is 4.91. The number of para-hydroxylation sites is 4. The lowest BCUT2D eigenvalue weighted by atomic mass is 9.61. The first kappa shape index (κ1) is 26.4. The van der Waals surface area contributed by atoms with Gasteiger partial charge in [-0.05, 0) is 94.0 Å². The van der Waals surface area contributed by atoms with Crippen molar-refractivity contribution in [1.29, 1.82) is 0 Å². The van der Waals surface area contributed by atoms with Crippen molar-refractivity contribution in [2.75, 3.05) is 0 Å². The van der Waals surface area contributed by atoms with Gasteiger partial charge in [0.25, 0.3) is 0 Å². The van der Waals surface area contributed by atoms with Crippen LogP contribution in [0.1, 0.15) is 45.2 Å². The molecule has 0 unspecified atom stereocenters. The summed E-state index contributed by atoms with van der Waals surface area (Å²) >= 11 is 0. The Morgan fingerprint density at radius 3 is 1.11 bits per heavy atom. The van der Waals surface area contributed by atoms with Gasteiger partial charge in [0, 0.05) is 53.2 Å². The molecule has 3 heteroatoms. The number of aromatic nitrogens is 2. The summed E-state index contributed by atoms with van der Waals surface area (Å²) in [5.74, 6) is 0.363. The maximum Gasteiger partial charge on any atom is 0.0544 e. The van der Waals surface area contributed by atoms with Gasteiger partial charge in [-0.25, -0.2) is 0 Å². The molecular formula is C44H28BN2. The lowest BCUT2D eigenvalue weighted by Gasteiger charge is -2.42. The van der Waals surface area contributed by atoms with Crippen LogP contribution in [0.25, 0.3) is 55.0 Å². The van der Waals surface area contributed by atoms with Crippen molar-refractivity contribution in [3.05, 3.63) is 191 Å². The lowest BCUT2D eigenvalue weighted by Crippen LogP contribution is -2.27. The van der Waals surface area contributed by atoms with E-state index < -0.39 is 0 Å². The summed E-state index contributed by atoms with van der Waals surface area (Å²) in [4.78, 5) is 0. The van der Waals surface area contributed by atoms with Crippen molar-refractivity contribution in [1.82, 2.24) is 9.13 Å². The molecule has 3 aliphatic carbocycles. The maximum absolute atomic E-state index is 2.53. The summed E-state index contributed by atoms with van der Waals surface area (Å²) in [6, 6.07) is 58.7. The van der Waals surface area contributed by atoms with Crippen molar-refractivity contribution in [3.8, 4) is 11.4 Å². The Kier molecular flexibility index (Phi) is 5.40. The zero-order valence-corrected chi connectivity index (χ0v) is 25.6. The van der Waals surface area contributed by atoms with Gasteiger partial charge in [0.15, 0.2) is 0 Å². The zero-order chi connectivity index (χ0) is 29.9. The molecule has 3 radical (unpaired) electrons. The Morgan fingerprint density at radius 2 is 0.660 bits per heavy atom. The predicted molar refractivity (Wildman–Crippen MR) is 196 cm³/mol. The summed E-state index contributed by atoms with van der Waals surface area (Å²) in [5.41, 5.74) is 16.1. The first-order valence-electron chi connectivity index (χ1n) is 16.2. The van der Waals surface area contributed by atoms with E-state index in [0.717, 1.165) is 0 Å². The highest BCUT2D eigenvalue weighted by Crippen LogP contribution is 2.58. The minimum absolute atomic E-state index is 0. The minimum Gasteiger partial charge on any atom is -0.309 e. The second kappa shape index (κ2) is 9.61. The number of rotatable bonds is 2. The summed E-state index contributed by atoms with van der Waals surface area (Å²) in [6.07, 6.45) is 0. The molecule has 0 N–H and O–H groups in total. The van der Waals surface area contributed by atoms with E-state index in [2.05, 4.69) is 167 Å². The van der Waals surface area contributed by atoms with Gasteiger partial charge in [-0.1, -0.05) is 97.1 Å². The predicted octanol–water partition coefficient (Wildman–Crippen LogP) is 10.5. The normalized spacial score (nSPS) is 15.9. The fourth-order valence-electron chi connectivity index (χ4n) is 8.85. The molecule has 47 heavy (non-hydrogen) atoms. The largest absolute Gasteiger partial charge is 0.309 e. The number of hydrogen-bond donors (Lipinski definition) is 0. The molecule has 2 aromatic heterocycles. The molecule has 0 spiro atoms. The van der Waals surface area contributed by atoms with Crippen molar-refractivity contribution >= 4 is 52.0 Å². The van der Waals surface area contributed by atoms with Gasteiger partial charge in [0.05, 0.1) is 22.1 Å². The first-order valence-corrected chi connectivity index (χ1v) is 16.2. The molecule has 12 rings (SSSR count). The van der Waals surface area contributed by atoms with E-state index in [-0.39, 0.29) is 20.2 Å². The number of benzene rings is 7. The fraction of sp³-hybridized carbons (Fsp3) is 0.0455. The summed E-state index contributed by atoms with van der Waals surface area (Å²) in [5, 5.41) is 5.26. The topological polar surface area (TPSA) is 9.86 Å². The van der Waals surface area contributed by atoms with Gasteiger partial charge in [-0.2, -0.15) is 0 Å². The van der Waals surface area contributed by atoms with Crippen LogP contribution in [0.2, 0.25) is 0 Å². The van der Waals surface area contributed by atoms with Gasteiger partial charge >= 0.3 is 0 Å². The third-order valence-electron chi connectivity index (χ3n) is 10.6. The summed E-state index contributed by atoms with van der Waals surface area (Å²) in [6.45, 7) is 0. The van der Waals surface area contributed by atoms with Gasteiger partial charge in [0.1, 0.15) is 0 Å². The molecular weight excluding hydrogens is 567 g/mol. The molecule has 9 aromatic rings. The molecule has 217 valence electrons. The first-order chi connectivity index (χ1) is 22.8. The molecule has 7 aromatic carbocycles. The Bertz CT molecular complexity index is 2530. The summed E-state index contributed by atoms with van der Waals surface area (Å²) in [7, 11) is 0. The minimum atomic E-state index is 0. The molecule has 2 nitrogen and oxygen atoms in total. The standard InChI is InChI=1S/C44H28N2.B/c1-3-13-27(14-4-1)45-39-21-11-9-17-29(39)33-23-35-37(25-41(33)45)44-32-20-8-7-19-31(32)43(35)36-24-34-30-18-10-12-22-40(30)46(42(34)26-38(36)44)28-15-5-2-6-16-28;/h1-26,43-44H;. The third-order valence-corrected chi connectivity index (χ3v) is 10.6. The average molecular weight is 596 g/mol. The van der Waals surface area contributed by atoms with Crippen molar-refractivity contribution in [2.24, 2.45) is 0 Å². The van der Waals surface area contributed by atoms with Crippen LogP contribution in [0.5, 0.6) is 0 Å². The lowest BCUT2D eigenvalue weighted by molar-refractivity contribution is 0.758. The van der Waals surface area contributed by atoms with E-state index in [4.69, 9.17) is 0 Å². The third kappa shape index (κ3) is 3.41. The van der Waals surface area contributed by atoms with Crippen LogP contribution in [0.4, 0.5) is 0 Å². The fourth-order valence-corrected chi connectivity index (χ4v) is 8.85. The molecule has 0 fully saturated rings. The van der Waals surface area contributed by atoms with Crippen LogP contribution in [-0.2, 0) is 0 Å². The van der Waals surface area contributed by atoms with Crippen LogP contribution in [0.3, 0.4) is 0 Å². The Morgan fingerprint density at radius 1 is 0.298 bits per heavy atom. The Labute approximate surface area is 274 Å². The van der Waals surface area contributed by atoms with Crippen LogP contribution < -0.4 is 0 Å². The van der Waals surface area contributed by atoms with Gasteiger partial charge < -0.3 is 9.13 Å². The van der Waals surface area contributed by atoms with Gasteiger partial charge in [0.2, 0.25) is 0 Å². The second-order valence-electron chi connectivity index (χ2n) is 12.9. The molecule has 0 aliphatic heterocycles. The van der Waals surface area contributed by atoms with Gasteiger partial charge in [-0.3, -0.25) is 0 Å². The zero-order valence-electron chi connectivity index (χ0n) is 25.6. The number of fused-ring (bicyclic) bond motifs is 6. The SMILES string of the molecule is [B].c1ccc(-n2c3ccccc3c3cc4c(cc32)C2c3ccccc3C4c3cc4c5ccccc5n(-c5ccccc5)c4cc32)cc1. The quantitative estimate of drug-likeness (QED) is 0.176. The molecule has 2 heterocycles. The van der Waals surface area contributed by atoms with Crippen LogP contribution >= 0.6 is 0 Å². The molecule has 0 amide bonds. The highest BCUT2D eigenvalue weighted by atomic mass is 15.0. The van der Waals surface area contributed by atoms with Crippen molar-refractivity contribution in [3.63, 3.8) is 0 Å². The monoisotopic (exact) mass is 595 g/mol. The van der Waals surface area contributed by atoms with Crippen LogP contribution in [0.15, 0.2) is 158 Å². The Hall–Kier alpha value is -5.80.